The normalized spacial score (nSPS) is 18.9. The number of carbonyl (C=O) groups is 5. The van der Waals surface area contributed by atoms with Gasteiger partial charge in [-0.15, -0.1) is 23.5 Å². The van der Waals surface area contributed by atoms with Gasteiger partial charge in [0.1, 0.15) is 24.2 Å². The summed E-state index contributed by atoms with van der Waals surface area (Å²) in [5, 5.41) is 29.0. The van der Waals surface area contributed by atoms with Crippen LogP contribution < -0.4 is 48.1 Å². The van der Waals surface area contributed by atoms with E-state index in [0.717, 1.165) is 0 Å². The largest absolute Gasteiger partial charge is 0.370 e. The lowest BCUT2D eigenvalue weighted by Crippen LogP contribution is -2.58. The molecule has 4 unspecified atom stereocenters. The van der Waals surface area contributed by atoms with Gasteiger partial charge in [0.05, 0.1) is 27.5 Å². The zero-order valence-electron chi connectivity index (χ0n) is 32.7. The molecule has 2 aromatic carbocycles. The second-order valence-electron chi connectivity index (χ2n) is 13.7. The van der Waals surface area contributed by atoms with Crippen LogP contribution in [0.5, 0.6) is 0 Å². The number of ketones is 1. The standard InChI is InChI=1S/C35H43F8N11O5S3/c1-12(2)17(55)9-50-30(56)15-10-61-28-24(40)20(36)18(21(37)25(28)41)19-22(38)26(42)29(27(43)23(19)39)62-11-16(54-60)33(59)52-13(5-3-7-48-34(44)45)31(57)51-14(32(58)53-15)6-4-8-49-35(46)47/h12-16,54,60H,3-11H2,1-2H3,(H,50,56)(H,51,57)(H,52,59)(H,53,58)(H4,44,45,48)(H4,46,47,49). The number of benzene rings is 2. The van der Waals surface area contributed by atoms with Gasteiger partial charge in [0, 0.05) is 30.5 Å². The first kappa shape index (κ1) is 51.3. The molecule has 4 amide bonds. The van der Waals surface area contributed by atoms with E-state index in [1.165, 1.54) is 13.8 Å². The highest BCUT2D eigenvalue weighted by atomic mass is 32.2. The lowest BCUT2D eigenvalue weighted by Gasteiger charge is -2.26. The summed E-state index contributed by atoms with van der Waals surface area (Å²) in [5.41, 5.74) is 6.32. The fourth-order valence-electron chi connectivity index (χ4n) is 5.52. The molecule has 4 bridgehead atoms. The average molecular weight is 946 g/mol. The van der Waals surface area contributed by atoms with E-state index in [9.17, 15) is 24.0 Å². The predicted octanol–water partition coefficient (Wildman–Crippen LogP) is 1.79. The molecule has 3 aliphatic rings. The van der Waals surface area contributed by atoms with E-state index in [0.29, 0.717) is 0 Å². The molecule has 0 spiro atoms. The van der Waals surface area contributed by atoms with Crippen LogP contribution in [0.3, 0.4) is 0 Å². The highest BCUT2D eigenvalue weighted by molar-refractivity contribution is 7.99. The Bertz CT molecular complexity index is 2020. The number of rotatable bonds is 13. The summed E-state index contributed by atoms with van der Waals surface area (Å²) in [4.78, 5) is 64.0. The average Bonchev–Trinajstić information content (AvgIpc) is 3.21. The molecule has 0 aromatic heterocycles. The number of nitrogens with two attached hydrogens (primary N) is 2. The van der Waals surface area contributed by atoms with Gasteiger partial charge in [0.2, 0.25) is 23.6 Å². The van der Waals surface area contributed by atoms with Crippen molar-refractivity contribution < 1.29 is 59.1 Å². The van der Waals surface area contributed by atoms with Crippen LogP contribution in [0, 0.1) is 63.3 Å². The first-order valence-corrected chi connectivity index (χ1v) is 20.8. The predicted molar refractivity (Wildman–Crippen MR) is 216 cm³/mol. The van der Waals surface area contributed by atoms with Crippen molar-refractivity contribution in [3.63, 3.8) is 0 Å². The number of amides is 4. The third-order valence-corrected chi connectivity index (χ3v) is 11.5. The Balaban J connectivity index is 2.24. The van der Waals surface area contributed by atoms with Crippen LogP contribution in [0.2, 0.25) is 0 Å². The lowest BCUT2D eigenvalue weighted by molar-refractivity contribution is -0.134. The molecule has 16 nitrogen and oxygen atoms in total. The number of Topliss-reactive ketones (excluding diaryl/α,β-unsaturated/α-hetero) is 1. The highest BCUT2D eigenvalue weighted by Gasteiger charge is 2.37. The van der Waals surface area contributed by atoms with E-state index in [2.05, 4.69) is 49.4 Å². The zero-order valence-corrected chi connectivity index (χ0v) is 35.3. The maximum absolute atomic E-state index is 15.6. The Morgan fingerprint density at radius 1 is 0.677 bits per heavy atom. The van der Waals surface area contributed by atoms with E-state index in [-0.39, 0.29) is 62.3 Å². The van der Waals surface area contributed by atoms with Crippen LogP contribution in [0.4, 0.5) is 35.1 Å². The minimum Gasteiger partial charge on any atom is -0.370 e. The maximum Gasteiger partial charge on any atom is 0.243 e. The van der Waals surface area contributed by atoms with Crippen LogP contribution in [0.25, 0.3) is 11.1 Å². The molecule has 3 heterocycles. The third kappa shape index (κ3) is 13.2. The Morgan fingerprint density at radius 3 is 1.48 bits per heavy atom. The summed E-state index contributed by atoms with van der Waals surface area (Å²) in [6.07, 6.45) is -0.444. The van der Waals surface area contributed by atoms with Crippen molar-refractivity contribution in [2.24, 2.45) is 17.4 Å². The van der Waals surface area contributed by atoms with Gasteiger partial charge in [-0.3, -0.25) is 39.5 Å². The summed E-state index contributed by atoms with van der Waals surface area (Å²) in [6, 6.07) is -6.68. The van der Waals surface area contributed by atoms with Crippen LogP contribution in [-0.4, -0.2) is 96.6 Å². The van der Waals surface area contributed by atoms with Crippen molar-refractivity contribution in [3.8, 4) is 11.1 Å². The summed E-state index contributed by atoms with van der Waals surface area (Å²) in [5.74, 6) is -27.3. The number of thioether (sulfide) groups is 2. The minimum absolute atomic E-state index is 0.00330. The van der Waals surface area contributed by atoms with Gasteiger partial charge in [-0.2, -0.15) is 0 Å². The lowest BCUT2D eigenvalue weighted by atomic mass is 10.0. The Morgan fingerprint density at radius 2 is 1.08 bits per heavy atom. The molecule has 342 valence electrons. The molecule has 5 rings (SSSR count). The number of guanidine groups is 2. The van der Waals surface area contributed by atoms with Gasteiger partial charge < -0.3 is 43.4 Å². The number of hydrogen-bond donors (Lipinski definition) is 12. The Kier molecular flexibility index (Phi) is 19.4. The van der Waals surface area contributed by atoms with E-state index in [1.807, 2.05) is 0 Å². The molecule has 0 saturated heterocycles. The Labute approximate surface area is 362 Å². The molecule has 27 heteroatoms. The summed E-state index contributed by atoms with van der Waals surface area (Å²) < 4.78 is 126. The number of halogens is 8. The maximum atomic E-state index is 15.6. The van der Waals surface area contributed by atoms with Crippen molar-refractivity contribution in [3.05, 3.63) is 46.5 Å². The van der Waals surface area contributed by atoms with Gasteiger partial charge in [-0.1, -0.05) is 26.7 Å². The van der Waals surface area contributed by atoms with Gasteiger partial charge >= 0.3 is 0 Å². The number of nitrogens with one attached hydrogen (secondary N) is 9. The second kappa shape index (κ2) is 23.4. The molecule has 4 atom stereocenters. The van der Waals surface area contributed by atoms with Crippen LogP contribution in [-0.2, 0) is 24.0 Å². The number of hydrogen-bond acceptors (Lipinski definition) is 11. The van der Waals surface area contributed by atoms with Gasteiger partial charge in [-0.25, -0.2) is 35.1 Å². The molecule has 3 aliphatic heterocycles. The molecule has 0 aliphatic carbocycles. The smallest absolute Gasteiger partial charge is 0.243 e. The molecule has 0 saturated carbocycles. The fourth-order valence-corrected chi connectivity index (χ4v) is 7.85. The summed E-state index contributed by atoms with van der Waals surface area (Å²) in [7, 11) is 0. The van der Waals surface area contributed by atoms with E-state index in [1.54, 1.807) is 0 Å². The van der Waals surface area contributed by atoms with Crippen molar-refractivity contribution in [2.45, 2.75) is 73.5 Å². The molecular weight excluding hydrogens is 903 g/mol. The molecule has 13 N–H and O–H groups in total. The summed E-state index contributed by atoms with van der Waals surface area (Å²) >= 11 is 3.67. The first-order chi connectivity index (χ1) is 29.1. The number of carbonyl (C=O) groups excluding carboxylic acids is 5. The Hall–Kier alpha value is -5.02. The van der Waals surface area contributed by atoms with Crippen molar-refractivity contribution in [1.29, 1.82) is 10.8 Å². The van der Waals surface area contributed by atoms with Gasteiger partial charge in [0.25, 0.3) is 0 Å². The van der Waals surface area contributed by atoms with Crippen LogP contribution in [0.15, 0.2) is 9.79 Å². The minimum atomic E-state index is -2.50. The fraction of sp³-hybridized carbons (Fsp3) is 0.457. The molecule has 62 heavy (non-hydrogen) atoms. The van der Waals surface area contributed by atoms with Crippen molar-refractivity contribution >= 4 is 77.7 Å². The second-order valence-corrected chi connectivity index (χ2v) is 16.0. The van der Waals surface area contributed by atoms with Gasteiger partial charge in [0.15, 0.2) is 64.2 Å². The zero-order chi connectivity index (χ0) is 46.6. The van der Waals surface area contributed by atoms with Crippen molar-refractivity contribution in [1.82, 2.24) is 36.6 Å². The van der Waals surface area contributed by atoms with Gasteiger partial charge in [-0.05, 0) is 25.7 Å². The monoisotopic (exact) mass is 945 g/mol. The molecule has 2 aromatic rings. The first-order valence-electron chi connectivity index (χ1n) is 18.4. The van der Waals surface area contributed by atoms with E-state index < -0.39 is 157 Å². The molecule has 0 radical (unpaired) electrons. The number of thiol groups is 1. The SMILES string of the molecule is CC(C)C(=O)CNC(=O)C1CSc2c(F)c(F)c(c(F)c2F)-c2c(F)c(F)c(c(F)c2F)SCC(NS)C(=O)NC(CCCNC(=N)N)C(=O)NC(CCCNC(=N)N)C(=O)N1. The third-order valence-electron chi connectivity index (χ3n) is 8.91. The van der Waals surface area contributed by atoms with Crippen molar-refractivity contribution in [2.75, 3.05) is 31.1 Å². The summed E-state index contributed by atoms with van der Waals surface area (Å²) in [6.45, 7) is 2.35. The quantitative estimate of drug-likeness (QED) is 0.0343. The van der Waals surface area contributed by atoms with E-state index in [4.69, 9.17) is 22.3 Å². The highest BCUT2D eigenvalue weighted by Crippen LogP contribution is 2.42. The van der Waals surface area contributed by atoms with Crippen LogP contribution >= 0.6 is 36.3 Å². The molecular formula is C35H43F8N11O5S3. The van der Waals surface area contributed by atoms with E-state index >= 15 is 35.1 Å². The number of fused-ring (bicyclic) bond motifs is 2. The molecule has 0 fully saturated rings. The topological polar surface area (TPSA) is 269 Å². The van der Waals surface area contributed by atoms with Crippen LogP contribution in [0.1, 0.15) is 39.5 Å².